The van der Waals surface area contributed by atoms with Crippen molar-refractivity contribution in [2.45, 2.75) is 51.7 Å². The molecule has 150 valence electrons. The zero-order valence-corrected chi connectivity index (χ0v) is 18.5. The highest BCUT2D eigenvalue weighted by Crippen LogP contribution is 2.23. The SMILES string of the molecule is CC1CCCC(C)N1C(=O)COc1ccc(C(=O)NCc2cc(Br)cs2)cc1. The maximum Gasteiger partial charge on any atom is 0.260 e. The Hall–Kier alpha value is -1.86. The van der Waals surface area contributed by atoms with Gasteiger partial charge in [0.05, 0.1) is 6.54 Å². The minimum absolute atomic E-state index is 0.0172. The van der Waals surface area contributed by atoms with Gasteiger partial charge in [-0.1, -0.05) is 0 Å². The molecule has 1 fully saturated rings. The molecule has 1 aromatic carbocycles. The molecule has 7 heteroatoms. The summed E-state index contributed by atoms with van der Waals surface area (Å²) in [4.78, 5) is 27.8. The first kappa shape index (κ1) is 20.9. The van der Waals surface area contributed by atoms with Crippen molar-refractivity contribution < 1.29 is 14.3 Å². The molecule has 28 heavy (non-hydrogen) atoms. The number of hydrogen-bond donors (Lipinski definition) is 1. The highest BCUT2D eigenvalue weighted by atomic mass is 79.9. The van der Waals surface area contributed by atoms with E-state index >= 15 is 0 Å². The first-order chi connectivity index (χ1) is 13.4. The summed E-state index contributed by atoms with van der Waals surface area (Å²) in [6, 6.07) is 9.39. The number of carbonyl (C=O) groups excluding carboxylic acids is 2. The van der Waals surface area contributed by atoms with Crippen LogP contribution in [0.4, 0.5) is 0 Å². The lowest BCUT2D eigenvalue weighted by Gasteiger charge is -2.38. The van der Waals surface area contributed by atoms with Crippen molar-refractivity contribution in [1.29, 1.82) is 0 Å². The van der Waals surface area contributed by atoms with E-state index in [9.17, 15) is 9.59 Å². The van der Waals surface area contributed by atoms with Gasteiger partial charge in [0.25, 0.3) is 11.8 Å². The normalized spacial score (nSPS) is 19.3. The van der Waals surface area contributed by atoms with Crippen LogP contribution in [0.2, 0.25) is 0 Å². The lowest BCUT2D eigenvalue weighted by molar-refractivity contribution is -0.139. The Morgan fingerprint density at radius 1 is 1.21 bits per heavy atom. The Kier molecular flexibility index (Phi) is 7.13. The molecular weight excluding hydrogens is 440 g/mol. The topological polar surface area (TPSA) is 58.6 Å². The number of likely N-dealkylation sites (tertiary alicyclic amines) is 1. The molecule has 0 radical (unpaired) electrons. The van der Waals surface area contributed by atoms with Crippen LogP contribution in [-0.2, 0) is 11.3 Å². The molecule has 0 bridgehead atoms. The van der Waals surface area contributed by atoms with Crippen LogP contribution in [0, 0.1) is 0 Å². The summed E-state index contributed by atoms with van der Waals surface area (Å²) in [7, 11) is 0. The van der Waals surface area contributed by atoms with Gasteiger partial charge in [-0.2, -0.15) is 0 Å². The molecule has 5 nitrogen and oxygen atoms in total. The van der Waals surface area contributed by atoms with E-state index in [4.69, 9.17) is 4.74 Å². The predicted molar refractivity (Wildman–Crippen MR) is 115 cm³/mol. The van der Waals surface area contributed by atoms with E-state index in [-0.39, 0.29) is 30.5 Å². The minimum atomic E-state index is -0.136. The summed E-state index contributed by atoms with van der Waals surface area (Å²) in [6.45, 7) is 4.70. The van der Waals surface area contributed by atoms with E-state index in [1.165, 1.54) is 6.42 Å². The van der Waals surface area contributed by atoms with Crippen LogP contribution in [0.1, 0.15) is 48.3 Å². The largest absolute Gasteiger partial charge is 0.484 e. The Morgan fingerprint density at radius 2 is 1.89 bits per heavy atom. The number of ether oxygens (including phenoxy) is 1. The molecule has 0 saturated carbocycles. The molecule has 2 atom stereocenters. The van der Waals surface area contributed by atoms with Crippen molar-refractivity contribution >= 4 is 39.1 Å². The summed E-state index contributed by atoms with van der Waals surface area (Å²) in [6.07, 6.45) is 3.25. The van der Waals surface area contributed by atoms with Gasteiger partial charge in [-0.15, -0.1) is 11.3 Å². The third kappa shape index (κ3) is 5.35. The molecule has 1 saturated heterocycles. The van der Waals surface area contributed by atoms with Gasteiger partial charge >= 0.3 is 0 Å². The van der Waals surface area contributed by atoms with E-state index in [0.717, 1.165) is 22.2 Å². The smallest absolute Gasteiger partial charge is 0.260 e. The lowest BCUT2D eigenvalue weighted by atomic mass is 9.97. The standard InChI is InChI=1S/C21H25BrN2O3S/c1-14-4-3-5-15(2)24(14)20(25)12-27-18-8-6-16(7-9-18)21(26)23-11-19-10-17(22)13-28-19/h6-10,13-15H,3-5,11-12H2,1-2H3,(H,23,26). The van der Waals surface area contributed by atoms with E-state index in [1.807, 2.05) is 16.3 Å². The molecule has 3 rings (SSSR count). The van der Waals surface area contributed by atoms with Gasteiger partial charge in [-0.3, -0.25) is 9.59 Å². The van der Waals surface area contributed by atoms with Crippen LogP contribution in [0.25, 0.3) is 0 Å². The van der Waals surface area contributed by atoms with E-state index in [2.05, 4.69) is 35.1 Å². The van der Waals surface area contributed by atoms with Gasteiger partial charge in [0.2, 0.25) is 0 Å². The summed E-state index contributed by atoms with van der Waals surface area (Å²) >= 11 is 5.00. The number of nitrogens with zero attached hydrogens (tertiary/aromatic N) is 1. The van der Waals surface area contributed by atoms with Crippen molar-refractivity contribution in [2.24, 2.45) is 0 Å². The maximum absolute atomic E-state index is 12.5. The number of nitrogens with one attached hydrogen (secondary N) is 1. The van der Waals surface area contributed by atoms with Gasteiger partial charge in [0.15, 0.2) is 6.61 Å². The molecule has 1 aliphatic heterocycles. The van der Waals surface area contributed by atoms with Crippen molar-refractivity contribution in [3.05, 3.63) is 50.6 Å². The number of halogens is 1. The fourth-order valence-electron chi connectivity index (χ4n) is 3.55. The number of amides is 2. The monoisotopic (exact) mass is 464 g/mol. The molecule has 1 aromatic heterocycles. The number of carbonyl (C=O) groups is 2. The van der Waals surface area contributed by atoms with Crippen molar-refractivity contribution in [3.63, 3.8) is 0 Å². The number of hydrogen-bond acceptors (Lipinski definition) is 4. The predicted octanol–water partition coefficient (Wildman–Crippen LogP) is 4.61. The molecular formula is C21H25BrN2O3S. The van der Waals surface area contributed by atoms with Gasteiger partial charge in [0.1, 0.15) is 5.75 Å². The fraction of sp³-hybridized carbons (Fsp3) is 0.429. The maximum atomic E-state index is 12.5. The molecule has 1 N–H and O–H groups in total. The molecule has 2 aromatic rings. The van der Waals surface area contributed by atoms with Crippen molar-refractivity contribution in [3.8, 4) is 5.75 Å². The molecule has 0 aliphatic carbocycles. The number of rotatable bonds is 6. The summed E-state index contributed by atoms with van der Waals surface area (Å²) < 4.78 is 6.68. The molecule has 2 amide bonds. The number of piperidine rings is 1. The Bertz CT molecular complexity index is 811. The lowest BCUT2D eigenvalue weighted by Crippen LogP contribution is -2.49. The molecule has 1 aliphatic rings. The van der Waals surface area contributed by atoms with Crippen LogP contribution in [-0.4, -0.2) is 35.4 Å². The number of thiophene rings is 1. The molecule has 2 heterocycles. The second kappa shape index (κ2) is 9.56. The second-order valence-electron chi connectivity index (χ2n) is 7.16. The Morgan fingerprint density at radius 3 is 2.50 bits per heavy atom. The summed E-state index contributed by atoms with van der Waals surface area (Å²) in [5.41, 5.74) is 0.563. The Balaban J connectivity index is 1.49. The van der Waals surface area contributed by atoms with Crippen LogP contribution < -0.4 is 10.1 Å². The van der Waals surface area contributed by atoms with Crippen LogP contribution in [0.3, 0.4) is 0 Å². The summed E-state index contributed by atoms with van der Waals surface area (Å²) in [5, 5.41) is 4.89. The zero-order chi connectivity index (χ0) is 20.1. The highest BCUT2D eigenvalue weighted by molar-refractivity contribution is 9.10. The van der Waals surface area contributed by atoms with Gasteiger partial charge in [-0.25, -0.2) is 0 Å². The van der Waals surface area contributed by atoms with E-state index < -0.39 is 0 Å². The van der Waals surface area contributed by atoms with E-state index in [1.54, 1.807) is 35.6 Å². The molecule has 0 spiro atoms. The van der Waals surface area contributed by atoms with Gasteiger partial charge in [0, 0.05) is 32.4 Å². The van der Waals surface area contributed by atoms with E-state index in [0.29, 0.717) is 17.9 Å². The second-order valence-corrected chi connectivity index (χ2v) is 9.07. The average Bonchev–Trinajstić information content (AvgIpc) is 3.10. The van der Waals surface area contributed by atoms with Gasteiger partial charge in [-0.05, 0) is 79.4 Å². The fourth-order valence-corrected chi connectivity index (χ4v) is 4.94. The highest BCUT2D eigenvalue weighted by Gasteiger charge is 2.28. The number of benzene rings is 1. The van der Waals surface area contributed by atoms with Crippen LogP contribution >= 0.6 is 27.3 Å². The third-order valence-corrected chi connectivity index (χ3v) is 6.70. The Labute approximate surface area is 178 Å². The quantitative estimate of drug-likeness (QED) is 0.678. The third-order valence-electron chi connectivity index (χ3n) is 5.01. The first-order valence-corrected chi connectivity index (χ1v) is 11.2. The zero-order valence-electron chi connectivity index (χ0n) is 16.1. The van der Waals surface area contributed by atoms with Crippen molar-refractivity contribution in [2.75, 3.05) is 6.61 Å². The first-order valence-electron chi connectivity index (χ1n) is 9.49. The minimum Gasteiger partial charge on any atom is -0.484 e. The average molecular weight is 465 g/mol. The van der Waals surface area contributed by atoms with Crippen LogP contribution in [0.5, 0.6) is 5.75 Å². The van der Waals surface area contributed by atoms with Gasteiger partial charge < -0.3 is 15.0 Å². The summed E-state index contributed by atoms with van der Waals surface area (Å²) in [5.74, 6) is 0.469. The van der Waals surface area contributed by atoms with Crippen molar-refractivity contribution in [1.82, 2.24) is 10.2 Å². The molecule has 2 unspecified atom stereocenters. The van der Waals surface area contributed by atoms with Crippen LogP contribution in [0.15, 0.2) is 40.2 Å².